The average molecular weight is 239 g/mol. The third kappa shape index (κ3) is 7.96. The molecule has 0 saturated heterocycles. The zero-order valence-corrected chi connectivity index (χ0v) is 8.90. The maximum absolute atomic E-state index is 9.18. The number of hydroxylamine groups is 2. The Bertz CT molecular complexity index is 158. The lowest BCUT2D eigenvalue weighted by molar-refractivity contribution is -0.118. The van der Waals surface area contributed by atoms with Crippen molar-refractivity contribution >= 4 is 7.32 Å². The normalized spacial score (nSPS) is 13.1. The molecular weight excluding hydrogens is 221 g/mol. The molecule has 0 aliphatic carbocycles. The van der Waals surface area contributed by atoms with Crippen LogP contribution in [0.15, 0.2) is 0 Å². The van der Waals surface area contributed by atoms with Crippen molar-refractivity contribution < 1.29 is 34.9 Å². The summed E-state index contributed by atoms with van der Waals surface area (Å²) in [5.74, 6) is 0. The van der Waals surface area contributed by atoms with E-state index in [4.69, 9.17) is 25.2 Å². The van der Waals surface area contributed by atoms with E-state index in [0.717, 1.165) is 5.06 Å². The summed E-state index contributed by atoms with van der Waals surface area (Å²) in [6.07, 6.45) is -1.10. The second-order valence-corrected chi connectivity index (χ2v) is 2.96. The topological polar surface area (TPSA) is 123 Å². The van der Waals surface area contributed by atoms with Gasteiger partial charge in [-0.1, -0.05) is 0 Å². The molecule has 9 heteroatoms. The minimum Gasteiger partial charge on any atom is -0.401 e. The minimum absolute atomic E-state index is 0.101. The Hall–Kier alpha value is -0.255. The van der Waals surface area contributed by atoms with Crippen molar-refractivity contribution in [2.75, 3.05) is 39.5 Å². The van der Waals surface area contributed by atoms with Crippen molar-refractivity contribution in [3.8, 4) is 0 Å². The van der Waals surface area contributed by atoms with Crippen LogP contribution in [0.2, 0.25) is 0 Å². The van der Waals surface area contributed by atoms with Crippen molar-refractivity contribution in [1.29, 1.82) is 0 Å². The molecule has 0 rings (SSSR count). The Morgan fingerprint density at radius 1 is 1.12 bits per heavy atom. The molecule has 0 spiro atoms. The second-order valence-electron chi connectivity index (χ2n) is 2.96. The van der Waals surface area contributed by atoms with Crippen LogP contribution in [-0.2, 0) is 9.41 Å². The van der Waals surface area contributed by atoms with Gasteiger partial charge in [0.15, 0.2) is 0 Å². The molecule has 8 nitrogen and oxygen atoms in total. The third-order valence-corrected chi connectivity index (χ3v) is 1.58. The van der Waals surface area contributed by atoms with Crippen LogP contribution in [0.3, 0.4) is 0 Å². The van der Waals surface area contributed by atoms with Gasteiger partial charge in [-0.15, -0.1) is 0 Å². The van der Waals surface area contributed by atoms with Gasteiger partial charge < -0.3 is 30.1 Å². The van der Waals surface area contributed by atoms with Crippen molar-refractivity contribution in [1.82, 2.24) is 5.06 Å². The first-order chi connectivity index (χ1) is 7.63. The zero-order chi connectivity index (χ0) is 12.4. The summed E-state index contributed by atoms with van der Waals surface area (Å²) in [5, 5.41) is 44.9. The van der Waals surface area contributed by atoms with E-state index in [9.17, 15) is 5.02 Å². The fourth-order valence-electron chi connectivity index (χ4n) is 0.844. The van der Waals surface area contributed by atoms with Gasteiger partial charge in [0, 0.05) is 13.1 Å². The quantitative estimate of drug-likeness (QED) is 0.197. The van der Waals surface area contributed by atoms with Gasteiger partial charge in [-0.05, 0) is 0 Å². The first-order valence-corrected chi connectivity index (χ1v) is 4.86. The van der Waals surface area contributed by atoms with E-state index >= 15 is 0 Å². The number of nitrogens with zero attached hydrogens (tertiary/aromatic N) is 1. The molecule has 1 unspecified atom stereocenters. The van der Waals surface area contributed by atoms with E-state index in [1.54, 1.807) is 0 Å². The number of hydrogen-bond donors (Lipinski definition) is 5. The van der Waals surface area contributed by atoms with Crippen LogP contribution in [0.4, 0.5) is 0 Å². The molecule has 0 saturated carbocycles. The monoisotopic (exact) mass is 239 g/mol. The summed E-state index contributed by atoms with van der Waals surface area (Å²) < 4.78 is 9.42. The van der Waals surface area contributed by atoms with Gasteiger partial charge in [0.2, 0.25) is 0 Å². The number of aliphatic hydroxyl groups is 4. The van der Waals surface area contributed by atoms with E-state index in [-0.39, 0.29) is 32.9 Å². The van der Waals surface area contributed by atoms with Crippen LogP contribution in [-0.4, -0.2) is 83.5 Å². The van der Waals surface area contributed by atoms with E-state index in [0.29, 0.717) is 0 Å². The Morgan fingerprint density at radius 3 is 2.12 bits per heavy atom. The summed E-state index contributed by atoms with van der Waals surface area (Å²) in [7, 11) is -1.63. The molecule has 16 heavy (non-hydrogen) atoms. The maximum Gasteiger partial charge on any atom is 0.654 e. The first-order valence-electron chi connectivity index (χ1n) is 4.86. The van der Waals surface area contributed by atoms with Crippen LogP contribution < -0.4 is 0 Å². The lowest BCUT2D eigenvalue weighted by atomic mass is 10.2. The minimum atomic E-state index is -1.63. The summed E-state index contributed by atoms with van der Waals surface area (Å²) in [6, 6.07) is 0. The lowest BCUT2D eigenvalue weighted by Crippen LogP contribution is -2.39. The van der Waals surface area contributed by atoms with Crippen molar-refractivity contribution in [3.05, 3.63) is 0 Å². The van der Waals surface area contributed by atoms with E-state index in [2.05, 4.69) is 4.65 Å². The molecule has 0 fully saturated rings. The van der Waals surface area contributed by atoms with Crippen molar-refractivity contribution in [3.63, 3.8) is 0 Å². The second kappa shape index (κ2) is 9.93. The van der Waals surface area contributed by atoms with Crippen molar-refractivity contribution in [2.45, 2.75) is 6.10 Å². The van der Waals surface area contributed by atoms with Gasteiger partial charge in [-0.25, -0.2) is 0 Å². The van der Waals surface area contributed by atoms with Crippen LogP contribution in [0, 0.1) is 0 Å². The molecule has 0 radical (unpaired) electrons. The van der Waals surface area contributed by atoms with Gasteiger partial charge in [-0.2, -0.15) is 5.06 Å². The number of aliphatic hydroxyl groups excluding tert-OH is 4. The highest BCUT2D eigenvalue weighted by Gasteiger charge is 2.21. The molecule has 0 aliphatic heterocycles. The number of hydrogen-bond acceptors (Lipinski definition) is 8. The molecule has 5 N–H and O–H groups in total. The average Bonchev–Trinajstić information content (AvgIpc) is 2.26. The fourth-order valence-corrected chi connectivity index (χ4v) is 0.844. The van der Waals surface area contributed by atoms with E-state index in [1.807, 2.05) is 0 Å². The Morgan fingerprint density at radius 2 is 1.69 bits per heavy atom. The molecule has 0 aromatic carbocycles. The van der Waals surface area contributed by atoms with Gasteiger partial charge in [-0.3, -0.25) is 4.76 Å². The largest absolute Gasteiger partial charge is 0.654 e. The molecule has 1 atom stereocenters. The van der Waals surface area contributed by atoms with Gasteiger partial charge in [0.1, 0.15) is 0 Å². The summed E-state index contributed by atoms with van der Waals surface area (Å²) in [4.78, 5) is 0. The molecular formula is C7H18BNO7. The maximum atomic E-state index is 9.18. The van der Waals surface area contributed by atoms with Gasteiger partial charge >= 0.3 is 7.32 Å². The molecule has 0 heterocycles. The van der Waals surface area contributed by atoms with Crippen LogP contribution in [0.25, 0.3) is 0 Å². The molecule has 0 aliphatic rings. The highest BCUT2D eigenvalue weighted by atomic mass is 16.8. The number of rotatable bonds is 10. The lowest BCUT2D eigenvalue weighted by Gasteiger charge is -2.21. The molecule has 0 amide bonds. The molecule has 0 aromatic rings. The molecule has 96 valence electrons. The standard InChI is InChI=1S/C7H18BNO7/c10-3-1-9(2-4-11)16-8(14)15-6-7(13)5-12/h7,10-14H,1-6H2. The smallest absolute Gasteiger partial charge is 0.401 e. The highest BCUT2D eigenvalue weighted by molar-refractivity contribution is 6.34. The Labute approximate surface area is 93.8 Å². The molecule has 0 bridgehead atoms. The Kier molecular flexibility index (Phi) is 9.78. The van der Waals surface area contributed by atoms with Crippen LogP contribution >= 0.6 is 0 Å². The predicted octanol–water partition coefficient (Wildman–Crippen LogP) is -3.45. The fraction of sp³-hybridized carbons (Fsp3) is 1.00. The van der Waals surface area contributed by atoms with Gasteiger partial charge in [0.05, 0.1) is 32.5 Å². The van der Waals surface area contributed by atoms with Gasteiger partial charge in [0.25, 0.3) is 0 Å². The third-order valence-electron chi connectivity index (χ3n) is 1.58. The van der Waals surface area contributed by atoms with E-state index in [1.165, 1.54) is 0 Å². The van der Waals surface area contributed by atoms with Crippen LogP contribution in [0.1, 0.15) is 0 Å². The van der Waals surface area contributed by atoms with Crippen molar-refractivity contribution in [2.24, 2.45) is 0 Å². The summed E-state index contributed by atoms with van der Waals surface area (Å²) in [5.41, 5.74) is 0. The summed E-state index contributed by atoms with van der Waals surface area (Å²) in [6.45, 7) is -0.974. The predicted molar refractivity (Wildman–Crippen MR) is 53.8 cm³/mol. The molecule has 0 aromatic heterocycles. The zero-order valence-electron chi connectivity index (χ0n) is 8.90. The SMILES string of the molecule is OCCN(CCO)OB(O)OCC(O)CO. The highest BCUT2D eigenvalue weighted by Crippen LogP contribution is 1.95. The van der Waals surface area contributed by atoms with E-state index < -0.39 is 20.0 Å². The van der Waals surface area contributed by atoms with Crippen LogP contribution in [0.5, 0.6) is 0 Å². The summed E-state index contributed by atoms with van der Waals surface area (Å²) >= 11 is 0. The Balaban J connectivity index is 3.75. The first kappa shape index (κ1) is 15.7.